The molecule has 2 aromatic rings. The molecule has 11 nitrogen and oxygen atoms in total. The van der Waals surface area contributed by atoms with Gasteiger partial charge in [-0.2, -0.15) is 0 Å². The van der Waals surface area contributed by atoms with E-state index in [1.165, 1.54) is 0 Å². The van der Waals surface area contributed by atoms with E-state index < -0.39 is 18.1 Å². The maximum atomic E-state index is 13.5. The highest BCUT2D eigenvalue weighted by Gasteiger charge is 2.38. The van der Waals surface area contributed by atoms with Gasteiger partial charge >= 0.3 is 0 Å². The number of nitrogens with one attached hydrogen (secondary N) is 2. The standard InChI is InChI=1S/C29H34N4O7/c30-26(34)2-1-3-28(36)33-14-24-25(15-33)40-21-8-6-18(7-9-21)13-31-27(35)17-39-23-11-20(29(37)32-24)10-22(12-23)38-16-19-4-5-19/h6-12,19,24-25H,1-5,13-17H2,(H2,30,34)(H,31,35)(H,32,37)/t24-,25-/m0/s1. The second-order valence-corrected chi connectivity index (χ2v) is 10.5. The van der Waals surface area contributed by atoms with Crippen molar-refractivity contribution in [3.63, 3.8) is 0 Å². The van der Waals surface area contributed by atoms with Gasteiger partial charge in [0.05, 0.1) is 19.2 Å². The van der Waals surface area contributed by atoms with Gasteiger partial charge in [0.2, 0.25) is 11.8 Å². The number of primary amides is 1. The molecule has 6 rings (SSSR count). The minimum atomic E-state index is -0.504. The van der Waals surface area contributed by atoms with Crippen LogP contribution in [0.25, 0.3) is 0 Å². The van der Waals surface area contributed by atoms with E-state index in [4.69, 9.17) is 19.9 Å². The van der Waals surface area contributed by atoms with Crippen molar-refractivity contribution in [2.45, 2.75) is 50.8 Å². The van der Waals surface area contributed by atoms with E-state index in [1.807, 2.05) is 12.1 Å². The Morgan fingerprint density at radius 2 is 1.82 bits per heavy atom. The Kier molecular flexibility index (Phi) is 8.37. The molecule has 3 heterocycles. The largest absolute Gasteiger partial charge is 0.493 e. The molecule has 4 N–H and O–H groups in total. The summed E-state index contributed by atoms with van der Waals surface area (Å²) in [4.78, 5) is 51.5. The van der Waals surface area contributed by atoms with Gasteiger partial charge in [0.1, 0.15) is 23.4 Å². The third kappa shape index (κ3) is 7.43. The minimum Gasteiger partial charge on any atom is -0.493 e. The summed E-state index contributed by atoms with van der Waals surface area (Å²) in [6.45, 7) is 1.18. The molecule has 4 amide bonds. The molecule has 0 spiro atoms. The molecule has 1 saturated heterocycles. The summed E-state index contributed by atoms with van der Waals surface area (Å²) in [5.41, 5.74) is 6.40. The van der Waals surface area contributed by atoms with Crippen LogP contribution in [0, 0.1) is 5.92 Å². The summed E-state index contributed by atoms with van der Waals surface area (Å²) in [6.07, 6.45) is 2.41. The third-order valence-electron chi connectivity index (χ3n) is 7.14. The molecule has 0 unspecified atom stereocenters. The van der Waals surface area contributed by atoms with Crippen molar-refractivity contribution in [3.05, 3.63) is 53.6 Å². The predicted octanol–water partition coefficient (Wildman–Crippen LogP) is 1.53. The number of hydrogen-bond acceptors (Lipinski definition) is 7. The molecule has 4 bridgehead atoms. The molecule has 212 valence electrons. The molecular weight excluding hydrogens is 516 g/mol. The number of fused-ring (bicyclic) bond motifs is 7. The molecule has 1 aliphatic carbocycles. The van der Waals surface area contributed by atoms with Crippen molar-refractivity contribution in [1.29, 1.82) is 0 Å². The maximum Gasteiger partial charge on any atom is 0.258 e. The Morgan fingerprint density at radius 1 is 1.02 bits per heavy atom. The van der Waals surface area contributed by atoms with Gasteiger partial charge < -0.3 is 35.5 Å². The highest BCUT2D eigenvalue weighted by atomic mass is 16.5. The van der Waals surface area contributed by atoms with E-state index >= 15 is 0 Å². The summed E-state index contributed by atoms with van der Waals surface area (Å²) in [5, 5.41) is 5.85. The van der Waals surface area contributed by atoms with E-state index in [2.05, 4.69) is 10.6 Å². The molecule has 40 heavy (non-hydrogen) atoms. The van der Waals surface area contributed by atoms with Crippen LogP contribution >= 0.6 is 0 Å². The predicted molar refractivity (Wildman–Crippen MR) is 144 cm³/mol. The topological polar surface area (TPSA) is 149 Å². The number of ether oxygens (including phenoxy) is 3. The molecule has 4 aliphatic rings. The quantitative estimate of drug-likeness (QED) is 0.473. The van der Waals surface area contributed by atoms with Gasteiger partial charge in [-0.3, -0.25) is 19.2 Å². The van der Waals surface area contributed by atoms with E-state index in [0.717, 1.165) is 18.4 Å². The lowest BCUT2D eigenvalue weighted by Crippen LogP contribution is -2.45. The lowest BCUT2D eigenvalue weighted by molar-refractivity contribution is -0.130. The Balaban J connectivity index is 1.38. The highest BCUT2D eigenvalue weighted by molar-refractivity contribution is 5.95. The lowest BCUT2D eigenvalue weighted by atomic mass is 10.1. The zero-order chi connectivity index (χ0) is 28.1. The number of likely N-dealkylation sites (tertiary alicyclic amines) is 1. The zero-order valence-electron chi connectivity index (χ0n) is 22.2. The lowest BCUT2D eigenvalue weighted by Gasteiger charge is -2.21. The first-order valence-corrected chi connectivity index (χ1v) is 13.6. The fourth-order valence-electron chi connectivity index (χ4n) is 4.69. The summed E-state index contributed by atoms with van der Waals surface area (Å²) < 4.78 is 17.9. The number of carbonyl (C=O) groups is 4. The van der Waals surface area contributed by atoms with Crippen LogP contribution < -0.4 is 30.6 Å². The SMILES string of the molecule is NC(=O)CCCC(=O)N1C[C@@H]2NC(=O)c3cc(cc(OCC4CC4)c3)OCC(=O)NCc3ccc(cc3)O[C@H]2C1. The second-order valence-electron chi connectivity index (χ2n) is 10.5. The summed E-state index contributed by atoms with van der Waals surface area (Å²) >= 11 is 0. The average molecular weight is 551 g/mol. The van der Waals surface area contributed by atoms with E-state index in [1.54, 1.807) is 35.2 Å². The van der Waals surface area contributed by atoms with Crippen LogP contribution in [-0.4, -0.2) is 67.0 Å². The van der Waals surface area contributed by atoms with Crippen molar-refractivity contribution < 1.29 is 33.4 Å². The number of hydrogen-bond donors (Lipinski definition) is 3. The Labute approximate surface area is 232 Å². The monoisotopic (exact) mass is 550 g/mol. The molecule has 3 aliphatic heterocycles. The van der Waals surface area contributed by atoms with Gasteiger partial charge in [-0.05, 0) is 55.0 Å². The molecule has 2 atom stereocenters. The fourth-order valence-corrected chi connectivity index (χ4v) is 4.69. The van der Waals surface area contributed by atoms with E-state index in [9.17, 15) is 19.2 Å². The highest BCUT2D eigenvalue weighted by Crippen LogP contribution is 2.31. The van der Waals surface area contributed by atoms with Crippen molar-refractivity contribution in [2.24, 2.45) is 11.7 Å². The Bertz CT molecular complexity index is 1260. The van der Waals surface area contributed by atoms with Crippen LogP contribution in [0.1, 0.15) is 48.0 Å². The fraction of sp³-hybridized carbons (Fsp3) is 0.448. The maximum absolute atomic E-state index is 13.5. The smallest absolute Gasteiger partial charge is 0.258 e. The van der Waals surface area contributed by atoms with Gasteiger partial charge in [-0.1, -0.05) is 12.1 Å². The average Bonchev–Trinajstić information content (AvgIpc) is 3.69. The van der Waals surface area contributed by atoms with Crippen LogP contribution in [0.2, 0.25) is 0 Å². The Morgan fingerprint density at radius 3 is 2.58 bits per heavy atom. The molecule has 2 fully saturated rings. The normalized spacial score (nSPS) is 20.9. The third-order valence-corrected chi connectivity index (χ3v) is 7.14. The van der Waals surface area contributed by atoms with Gasteiger partial charge in [-0.15, -0.1) is 0 Å². The number of nitrogens with two attached hydrogens (primary N) is 1. The van der Waals surface area contributed by atoms with Crippen molar-refractivity contribution in [2.75, 3.05) is 26.3 Å². The number of carbonyl (C=O) groups excluding carboxylic acids is 4. The van der Waals surface area contributed by atoms with Crippen molar-refractivity contribution in [3.8, 4) is 17.2 Å². The summed E-state index contributed by atoms with van der Waals surface area (Å²) in [7, 11) is 0. The summed E-state index contributed by atoms with van der Waals surface area (Å²) in [5.74, 6) is 0.650. The van der Waals surface area contributed by atoms with Gasteiger partial charge in [0.25, 0.3) is 11.8 Å². The molecule has 0 radical (unpaired) electrons. The number of benzene rings is 2. The van der Waals surface area contributed by atoms with Gasteiger partial charge in [0.15, 0.2) is 6.61 Å². The number of nitrogens with zero attached hydrogens (tertiary/aromatic N) is 1. The van der Waals surface area contributed by atoms with E-state index in [-0.39, 0.29) is 50.3 Å². The molecule has 11 heteroatoms. The molecule has 0 aromatic heterocycles. The molecule has 1 saturated carbocycles. The molecule has 2 aromatic carbocycles. The number of rotatable bonds is 7. The van der Waals surface area contributed by atoms with E-state index in [0.29, 0.717) is 48.3 Å². The Hall–Kier alpha value is -4.28. The van der Waals surface area contributed by atoms with Crippen LogP contribution in [0.15, 0.2) is 42.5 Å². The van der Waals surface area contributed by atoms with Crippen LogP contribution in [-0.2, 0) is 20.9 Å². The molecular formula is C29H34N4O7. The van der Waals surface area contributed by atoms with Crippen LogP contribution in [0.5, 0.6) is 17.2 Å². The van der Waals surface area contributed by atoms with Crippen molar-refractivity contribution in [1.82, 2.24) is 15.5 Å². The van der Waals surface area contributed by atoms with Crippen LogP contribution in [0.4, 0.5) is 0 Å². The minimum absolute atomic E-state index is 0.133. The van der Waals surface area contributed by atoms with Crippen molar-refractivity contribution >= 4 is 23.6 Å². The van der Waals surface area contributed by atoms with Gasteiger partial charge in [0, 0.05) is 37.6 Å². The van der Waals surface area contributed by atoms with Gasteiger partial charge in [-0.25, -0.2) is 0 Å². The first-order valence-electron chi connectivity index (χ1n) is 13.6. The number of amides is 4. The van der Waals surface area contributed by atoms with Crippen LogP contribution in [0.3, 0.4) is 0 Å². The zero-order valence-corrected chi connectivity index (χ0v) is 22.2. The second kappa shape index (κ2) is 12.3. The first-order chi connectivity index (χ1) is 19.3. The first kappa shape index (κ1) is 27.3. The summed E-state index contributed by atoms with van der Waals surface area (Å²) in [6, 6.07) is 11.7.